The van der Waals surface area contributed by atoms with Gasteiger partial charge < -0.3 is 24.6 Å². The topological polar surface area (TPSA) is 149 Å². The zero-order valence-electron chi connectivity index (χ0n) is 32.4. The van der Waals surface area contributed by atoms with Crippen molar-refractivity contribution in [1.82, 2.24) is 0 Å². The molecule has 0 amide bonds. The van der Waals surface area contributed by atoms with Crippen LogP contribution < -0.4 is 0 Å². The number of esters is 2. The van der Waals surface area contributed by atoms with Crippen molar-refractivity contribution in [2.75, 3.05) is 26.4 Å². The lowest BCUT2D eigenvalue weighted by Gasteiger charge is -2.20. The number of rotatable bonds is 35. The molecule has 10 nitrogen and oxygen atoms in total. The Morgan fingerprint density at radius 2 is 1.02 bits per heavy atom. The Morgan fingerprint density at radius 1 is 0.585 bits per heavy atom. The van der Waals surface area contributed by atoms with Crippen molar-refractivity contribution in [3.63, 3.8) is 0 Å². The minimum Gasteiger partial charge on any atom is -0.462 e. The second-order valence-electron chi connectivity index (χ2n) is 12.6. The third-order valence-electron chi connectivity index (χ3n) is 7.53. The summed E-state index contributed by atoms with van der Waals surface area (Å²) < 4.78 is 32.5. The van der Waals surface area contributed by atoms with Crippen LogP contribution >= 0.6 is 7.82 Å². The number of hydrogen-bond acceptors (Lipinski definition) is 9. The Hall–Kier alpha value is -2.85. The summed E-state index contributed by atoms with van der Waals surface area (Å²) in [4.78, 5) is 34.8. The van der Waals surface area contributed by atoms with Gasteiger partial charge in [-0.15, -0.1) is 0 Å². The highest BCUT2D eigenvalue weighted by atomic mass is 31.2. The number of hydrogen-bond donors (Lipinski definition) is 3. The van der Waals surface area contributed by atoms with E-state index in [1.165, 1.54) is 19.3 Å². The van der Waals surface area contributed by atoms with Gasteiger partial charge in [0.1, 0.15) is 12.7 Å². The van der Waals surface area contributed by atoms with Crippen LogP contribution in [-0.4, -0.2) is 65.7 Å². The lowest BCUT2D eigenvalue weighted by molar-refractivity contribution is -0.161. The maximum Gasteiger partial charge on any atom is 0.472 e. The molecule has 0 aromatic carbocycles. The average molecular weight is 765 g/mol. The predicted molar refractivity (Wildman–Crippen MR) is 214 cm³/mol. The molecule has 0 saturated carbocycles. The number of carbonyl (C=O) groups excluding carboxylic acids is 2. The first-order valence-corrected chi connectivity index (χ1v) is 21.0. The molecule has 0 aromatic rings. The van der Waals surface area contributed by atoms with Crippen LogP contribution in [0.5, 0.6) is 0 Å². The Morgan fingerprint density at radius 3 is 1.49 bits per heavy atom. The van der Waals surface area contributed by atoms with Crippen molar-refractivity contribution < 1.29 is 47.8 Å². The van der Waals surface area contributed by atoms with E-state index in [-0.39, 0.29) is 19.4 Å². The van der Waals surface area contributed by atoms with E-state index >= 15 is 0 Å². The van der Waals surface area contributed by atoms with Crippen molar-refractivity contribution in [2.45, 2.75) is 142 Å². The van der Waals surface area contributed by atoms with E-state index in [1.807, 2.05) is 0 Å². The maximum atomic E-state index is 12.5. The van der Waals surface area contributed by atoms with Crippen LogP contribution in [0.4, 0.5) is 0 Å². The summed E-state index contributed by atoms with van der Waals surface area (Å²) in [5.74, 6) is -1.03. The molecule has 0 aliphatic rings. The molecule has 0 radical (unpaired) electrons. The van der Waals surface area contributed by atoms with E-state index in [9.17, 15) is 24.2 Å². The fourth-order valence-corrected chi connectivity index (χ4v) is 5.31. The third kappa shape index (κ3) is 37.3. The highest BCUT2D eigenvalue weighted by molar-refractivity contribution is 7.47. The van der Waals surface area contributed by atoms with Gasteiger partial charge in [0.15, 0.2) is 6.10 Å². The van der Waals surface area contributed by atoms with E-state index in [0.717, 1.165) is 70.6 Å². The van der Waals surface area contributed by atoms with Gasteiger partial charge in [-0.3, -0.25) is 18.6 Å². The Labute approximate surface area is 320 Å². The van der Waals surface area contributed by atoms with E-state index < -0.39 is 51.8 Å². The van der Waals surface area contributed by atoms with E-state index in [4.69, 9.17) is 19.1 Å². The third-order valence-corrected chi connectivity index (χ3v) is 8.48. The Balaban J connectivity index is 4.52. The number of aliphatic hydroxyl groups excluding tert-OH is 2. The lowest BCUT2D eigenvalue weighted by atomic mass is 10.1. The van der Waals surface area contributed by atoms with Crippen LogP contribution in [0, 0.1) is 0 Å². The number of phosphoric acid groups is 1. The highest BCUT2D eigenvalue weighted by Crippen LogP contribution is 2.43. The van der Waals surface area contributed by atoms with E-state index in [1.54, 1.807) is 0 Å². The maximum absolute atomic E-state index is 12.5. The number of aliphatic hydroxyl groups is 2. The fraction of sp³-hybridized carbons (Fsp3) is 0.619. The molecule has 0 saturated heterocycles. The molecule has 0 rings (SSSR count). The van der Waals surface area contributed by atoms with Gasteiger partial charge in [-0.05, 0) is 89.9 Å². The molecule has 0 aliphatic heterocycles. The summed E-state index contributed by atoms with van der Waals surface area (Å²) in [6.07, 6.45) is 42.7. The number of ether oxygens (including phenoxy) is 2. The normalized spacial score (nSPS) is 14.9. The van der Waals surface area contributed by atoms with Gasteiger partial charge in [-0.1, -0.05) is 112 Å². The molecular weight excluding hydrogens is 695 g/mol. The summed E-state index contributed by atoms with van der Waals surface area (Å²) in [5, 5.41) is 18.3. The van der Waals surface area contributed by atoms with Crippen LogP contribution in [0.25, 0.3) is 0 Å². The SMILES string of the molecule is CC/C=C/C/C=C/C/C=C/C/C=C/CCCCC(=O)O[C@H](COC(=O)CCCC/C=C/C/C=C/C/C=C/CCCCC)COP(=O)(O)OC[C@@H](O)CO. The molecule has 53 heavy (non-hydrogen) atoms. The van der Waals surface area contributed by atoms with Gasteiger partial charge in [0.05, 0.1) is 19.8 Å². The van der Waals surface area contributed by atoms with Crippen LogP contribution in [-0.2, 0) is 32.7 Å². The summed E-state index contributed by atoms with van der Waals surface area (Å²) in [6, 6.07) is 0. The molecule has 302 valence electrons. The largest absolute Gasteiger partial charge is 0.472 e. The second kappa shape index (κ2) is 37.5. The smallest absolute Gasteiger partial charge is 0.462 e. The second-order valence-corrected chi connectivity index (χ2v) is 14.0. The molecule has 0 bridgehead atoms. The van der Waals surface area contributed by atoms with Gasteiger partial charge in [0.25, 0.3) is 0 Å². The molecule has 3 atom stereocenters. The van der Waals surface area contributed by atoms with Crippen molar-refractivity contribution in [3.05, 3.63) is 85.1 Å². The van der Waals surface area contributed by atoms with Crippen LogP contribution in [0.2, 0.25) is 0 Å². The number of allylic oxidation sites excluding steroid dienone is 14. The van der Waals surface area contributed by atoms with Crippen LogP contribution in [0.15, 0.2) is 85.1 Å². The van der Waals surface area contributed by atoms with Gasteiger partial charge >= 0.3 is 19.8 Å². The van der Waals surface area contributed by atoms with Crippen molar-refractivity contribution in [1.29, 1.82) is 0 Å². The lowest BCUT2D eigenvalue weighted by Crippen LogP contribution is -2.29. The molecule has 3 N–H and O–H groups in total. The first kappa shape index (κ1) is 50.1. The number of carbonyl (C=O) groups is 2. The molecule has 11 heteroatoms. The average Bonchev–Trinajstić information content (AvgIpc) is 3.14. The molecule has 0 fully saturated rings. The molecule has 1 unspecified atom stereocenters. The molecule has 0 aliphatic carbocycles. The summed E-state index contributed by atoms with van der Waals surface area (Å²) in [6.45, 7) is 2.10. The fourth-order valence-electron chi connectivity index (χ4n) is 4.52. The minimum absolute atomic E-state index is 0.118. The summed E-state index contributed by atoms with van der Waals surface area (Å²) >= 11 is 0. The van der Waals surface area contributed by atoms with Crippen molar-refractivity contribution in [2.24, 2.45) is 0 Å². The number of unbranched alkanes of at least 4 members (excludes halogenated alkanes) is 7. The van der Waals surface area contributed by atoms with Gasteiger partial charge in [0.2, 0.25) is 0 Å². The quantitative estimate of drug-likeness (QED) is 0.0246. The first-order chi connectivity index (χ1) is 25.7. The highest BCUT2D eigenvalue weighted by Gasteiger charge is 2.27. The molecule has 0 spiro atoms. The minimum atomic E-state index is -4.64. The van der Waals surface area contributed by atoms with Gasteiger partial charge in [0, 0.05) is 12.8 Å². The zero-order valence-corrected chi connectivity index (χ0v) is 33.3. The monoisotopic (exact) mass is 764 g/mol. The summed E-state index contributed by atoms with van der Waals surface area (Å²) in [5.41, 5.74) is 0. The van der Waals surface area contributed by atoms with E-state index in [2.05, 4.69) is 103 Å². The van der Waals surface area contributed by atoms with Gasteiger partial charge in [-0.2, -0.15) is 0 Å². The molecule has 0 heterocycles. The zero-order chi connectivity index (χ0) is 39.1. The van der Waals surface area contributed by atoms with E-state index in [0.29, 0.717) is 12.8 Å². The first-order valence-electron chi connectivity index (χ1n) is 19.5. The van der Waals surface area contributed by atoms with Gasteiger partial charge in [-0.25, -0.2) is 4.57 Å². The van der Waals surface area contributed by atoms with Crippen LogP contribution in [0.3, 0.4) is 0 Å². The Kier molecular flexibility index (Phi) is 35.5. The molecule has 0 aromatic heterocycles. The molecular formula is C42H69O10P. The standard InChI is InChI=1S/C42H69O10P/c1-3-5-7-9-11-13-15-17-19-21-23-25-27-29-31-33-41(45)49-37-40(38-51-53(47,48)50-36-39(44)35-43)52-42(46)34-32-30-28-26-24-22-20-18-16-14-12-10-8-6-4-2/h6,8,11-14,17-20,23-26,39-40,43-44H,3-5,7,9-10,15-16,21-22,27-38H2,1-2H3,(H,47,48)/b8-6+,13-11+,14-12+,19-17+,20-18+,25-23+,26-24+/t39-,40+/m0/s1. The Bertz CT molecular complexity index is 1150. The van der Waals surface area contributed by atoms with Crippen molar-refractivity contribution >= 4 is 19.8 Å². The van der Waals surface area contributed by atoms with Crippen LogP contribution in [0.1, 0.15) is 129 Å². The predicted octanol–water partition coefficient (Wildman–Crippen LogP) is 9.88. The number of phosphoric ester groups is 1. The summed E-state index contributed by atoms with van der Waals surface area (Å²) in [7, 11) is -4.64. The van der Waals surface area contributed by atoms with Crippen molar-refractivity contribution in [3.8, 4) is 0 Å².